The van der Waals surface area contributed by atoms with Crippen molar-refractivity contribution >= 4 is 33.2 Å². The molecule has 0 amide bonds. The van der Waals surface area contributed by atoms with Crippen LogP contribution in [0.3, 0.4) is 0 Å². The number of hydrogen-bond donors (Lipinski definition) is 2. The Labute approximate surface area is 118 Å². The number of thiazole rings is 1. The zero-order chi connectivity index (χ0) is 13.6. The van der Waals surface area contributed by atoms with Crippen LogP contribution in [-0.2, 0) is 10.4 Å². The smallest absolute Gasteiger partial charge is 0.307 e. The van der Waals surface area contributed by atoms with E-state index in [-0.39, 0.29) is 0 Å². The summed E-state index contributed by atoms with van der Waals surface area (Å²) < 4.78 is 0.879. The third-order valence-corrected chi connectivity index (χ3v) is 5.38. The minimum atomic E-state index is -0.994. The van der Waals surface area contributed by atoms with Gasteiger partial charge >= 0.3 is 5.97 Å². The SMILES string of the molecule is CC1(C)C[C@](O)(c2ncc(Br)s2)CC[C@H]1C(=O)O. The largest absolute Gasteiger partial charge is 0.481 e. The molecule has 1 fully saturated rings. The number of hydrogen-bond acceptors (Lipinski definition) is 4. The van der Waals surface area contributed by atoms with Gasteiger partial charge in [0, 0.05) is 0 Å². The lowest BCUT2D eigenvalue weighted by molar-refractivity contribution is -0.154. The number of aliphatic carboxylic acids is 1. The Hall–Kier alpha value is -0.460. The number of carboxylic acid groups (broad SMARTS) is 1. The molecule has 0 radical (unpaired) electrons. The Morgan fingerprint density at radius 1 is 1.61 bits per heavy atom. The second-order valence-electron chi connectivity index (χ2n) is 5.60. The van der Waals surface area contributed by atoms with Gasteiger partial charge in [-0.15, -0.1) is 11.3 Å². The van der Waals surface area contributed by atoms with Crippen LogP contribution in [0.2, 0.25) is 0 Å². The molecule has 100 valence electrons. The number of aliphatic hydroxyl groups is 1. The second-order valence-corrected chi connectivity index (χ2v) is 8.01. The highest BCUT2D eigenvalue weighted by atomic mass is 79.9. The van der Waals surface area contributed by atoms with Crippen LogP contribution >= 0.6 is 27.3 Å². The fraction of sp³-hybridized carbons (Fsp3) is 0.667. The minimum Gasteiger partial charge on any atom is -0.481 e. The van der Waals surface area contributed by atoms with Gasteiger partial charge in [-0.2, -0.15) is 0 Å². The summed E-state index contributed by atoms with van der Waals surface area (Å²) in [6.45, 7) is 3.80. The van der Waals surface area contributed by atoms with Crippen LogP contribution in [0, 0.1) is 11.3 Å². The Kier molecular flexibility index (Phi) is 3.55. The van der Waals surface area contributed by atoms with Crippen molar-refractivity contribution in [2.24, 2.45) is 11.3 Å². The van der Waals surface area contributed by atoms with E-state index in [0.717, 1.165) is 3.79 Å². The molecule has 2 atom stereocenters. The highest BCUT2D eigenvalue weighted by molar-refractivity contribution is 9.11. The van der Waals surface area contributed by atoms with Gasteiger partial charge in [0.2, 0.25) is 0 Å². The Morgan fingerprint density at radius 3 is 2.72 bits per heavy atom. The first-order valence-electron chi connectivity index (χ1n) is 5.82. The van der Waals surface area contributed by atoms with Crippen molar-refractivity contribution in [1.82, 2.24) is 4.98 Å². The van der Waals surface area contributed by atoms with Gasteiger partial charge in [-0.25, -0.2) is 4.98 Å². The van der Waals surface area contributed by atoms with E-state index in [4.69, 9.17) is 0 Å². The molecule has 1 aromatic rings. The maximum atomic E-state index is 11.2. The third-order valence-electron chi connectivity index (χ3n) is 3.71. The number of halogens is 1. The topological polar surface area (TPSA) is 70.4 Å². The van der Waals surface area contributed by atoms with Crippen LogP contribution in [0.25, 0.3) is 0 Å². The zero-order valence-corrected chi connectivity index (χ0v) is 12.7. The lowest BCUT2D eigenvalue weighted by Crippen LogP contribution is -2.44. The first-order valence-corrected chi connectivity index (χ1v) is 7.42. The average Bonchev–Trinajstić information content (AvgIpc) is 2.63. The summed E-state index contributed by atoms with van der Waals surface area (Å²) in [5.74, 6) is -1.18. The Bertz CT molecular complexity index is 474. The van der Waals surface area contributed by atoms with Crippen molar-refractivity contribution in [1.29, 1.82) is 0 Å². The highest BCUT2D eigenvalue weighted by Gasteiger charge is 2.49. The Morgan fingerprint density at radius 2 is 2.28 bits per heavy atom. The van der Waals surface area contributed by atoms with Crippen LogP contribution in [-0.4, -0.2) is 21.2 Å². The van der Waals surface area contributed by atoms with E-state index in [1.54, 1.807) is 6.20 Å². The van der Waals surface area contributed by atoms with Crippen LogP contribution in [0.4, 0.5) is 0 Å². The minimum absolute atomic E-state index is 0.402. The molecule has 1 heterocycles. The highest BCUT2D eigenvalue weighted by Crippen LogP contribution is 2.50. The van der Waals surface area contributed by atoms with Crippen LogP contribution in [0.15, 0.2) is 9.98 Å². The van der Waals surface area contributed by atoms with E-state index in [1.807, 2.05) is 13.8 Å². The summed E-state index contributed by atoms with van der Waals surface area (Å²) in [4.78, 5) is 15.4. The molecule has 1 saturated carbocycles. The lowest BCUT2D eigenvalue weighted by atomic mass is 9.63. The molecule has 0 saturated heterocycles. The summed E-state index contributed by atoms with van der Waals surface area (Å²) in [6.07, 6.45) is 3.04. The van der Waals surface area contributed by atoms with E-state index < -0.39 is 22.9 Å². The van der Waals surface area contributed by atoms with Gasteiger partial charge in [-0.05, 0) is 40.6 Å². The second kappa shape index (κ2) is 4.58. The standard InChI is InChI=1S/C12H16BrNO3S/c1-11(2)6-12(17,4-3-7(11)9(15)16)10-14-5-8(13)18-10/h5,7,17H,3-4,6H2,1-2H3,(H,15,16)/t7-,12-/m0/s1. The predicted octanol–water partition coefficient (Wildman–Crippen LogP) is 3.00. The average molecular weight is 334 g/mol. The molecule has 4 nitrogen and oxygen atoms in total. The van der Waals surface area contributed by atoms with Gasteiger partial charge in [0.25, 0.3) is 0 Å². The van der Waals surface area contributed by atoms with Gasteiger partial charge in [-0.1, -0.05) is 13.8 Å². The monoisotopic (exact) mass is 333 g/mol. The summed E-state index contributed by atoms with van der Waals surface area (Å²) in [5.41, 5.74) is -1.43. The van der Waals surface area contributed by atoms with Crippen molar-refractivity contribution in [2.45, 2.75) is 38.7 Å². The van der Waals surface area contributed by atoms with Gasteiger partial charge < -0.3 is 10.2 Å². The number of carboxylic acids is 1. The van der Waals surface area contributed by atoms with E-state index >= 15 is 0 Å². The quantitative estimate of drug-likeness (QED) is 0.872. The predicted molar refractivity (Wildman–Crippen MR) is 72.5 cm³/mol. The maximum absolute atomic E-state index is 11.2. The molecule has 6 heteroatoms. The van der Waals surface area contributed by atoms with Crippen molar-refractivity contribution in [3.05, 3.63) is 15.0 Å². The fourth-order valence-corrected chi connectivity index (χ4v) is 4.17. The lowest BCUT2D eigenvalue weighted by Gasteiger charge is -2.44. The van der Waals surface area contributed by atoms with E-state index in [9.17, 15) is 15.0 Å². The zero-order valence-electron chi connectivity index (χ0n) is 10.3. The first-order chi connectivity index (χ1) is 8.24. The Balaban J connectivity index is 2.27. The van der Waals surface area contributed by atoms with Crippen LogP contribution in [0.5, 0.6) is 0 Å². The normalized spacial score (nSPS) is 31.2. The summed E-state index contributed by atoms with van der Waals surface area (Å²) in [5, 5.41) is 20.6. The summed E-state index contributed by atoms with van der Waals surface area (Å²) >= 11 is 4.75. The third kappa shape index (κ3) is 2.46. The van der Waals surface area contributed by atoms with Gasteiger partial charge in [-0.3, -0.25) is 4.79 Å². The molecule has 0 aromatic carbocycles. The van der Waals surface area contributed by atoms with E-state index in [1.165, 1.54) is 11.3 Å². The number of carbonyl (C=O) groups is 1. The van der Waals surface area contributed by atoms with E-state index in [2.05, 4.69) is 20.9 Å². The summed E-state index contributed by atoms with van der Waals surface area (Å²) in [6, 6.07) is 0. The van der Waals surface area contributed by atoms with Gasteiger partial charge in [0.05, 0.1) is 15.9 Å². The molecular formula is C12H16BrNO3S. The molecule has 2 N–H and O–H groups in total. The molecule has 18 heavy (non-hydrogen) atoms. The van der Waals surface area contributed by atoms with Gasteiger partial charge in [0.15, 0.2) is 0 Å². The molecule has 1 aliphatic rings. The van der Waals surface area contributed by atoms with Crippen molar-refractivity contribution in [3.63, 3.8) is 0 Å². The first kappa shape index (κ1) is 14.0. The van der Waals surface area contributed by atoms with Crippen molar-refractivity contribution < 1.29 is 15.0 Å². The molecule has 0 bridgehead atoms. The molecule has 1 aromatic heterocycles. The van der Waals surface area contributed by atoms with Crippen molar-refractivity contribution in [3.8, 4) is 0 Å². The molecule has 0 spiro atoms. The van der Waals surface area contributed by atoms with E-state index in [0.29, 0.717) is 24.3 Å². The molecule has 0 unspecified atom stereocenters. The molecular weight excluding hydrogens is 318 g/mol. The number of nitrogens with zero attached hydrogens (tertiary/aromatic N) is 1. The molecule has 2 rings (SSSR count). The van der Waals surface area contributed by atoms with Crippen LogP contribution < -0.4 is 0 Å². The fourth-order valence-electron chi connectivity index (χ4n) is 2.85. The number of rotatable bonds is 2. The van der Waals surface area contributed by atoms with Crippen molar-refractivity contribution in [2.75, 3.05) is 0 Å². The molecule has 1 aliphatic carbocycles. The number of aromatic nitrogens is 1. The van der Waals surface area contributed by atoms with Gasteiger partial charge in [0.1, 0.15) is 10.6 Å². The molecule has 0 aliphatic heterocycles. The maximum Gasteiger partial charge on any atom is 0.307 e. The summed E-state index contributed by atoms with van der Waals surface area (Å²) in [7, 11) is 0. The van der Waals surface area contributed by atoms with Crippen LogP contribution in [0.1, 0.15) is 38.1 Å².